The van der Waals surface area contributed by atoms with E-state index in [1.165, 1.54) is 18.4 Å². The van der Waals surface area contributed by atoms with E-state index in [1.54, 1.807) is 30.5 Å². The minimum absolute atomic E-state index is 0.120. The number of hydrogen-bond acceptors (Lipinski definition) is 5. The summed E-state index contributed by atoms with van der Waals surface area (Å²) < 4.78 is 10.5. The van der Waals surface area contributed by atoms with Crippen LogP contribution in [0.3, 0.4) is 0 Å². The molecule has 3 aromatic rings. The summed E-state index contributed by atoms with van der Waals surface area (Å²) in [4.78, 5) is 13.9. The summed E-state index contributed by atoms with van der Waals surface area (Å²) in [6, 6.07) is 14.4. The summed E-state index contributed by atoms with van der Waals surface area (Å²) >= 11 is 1.43. The maximum absolute atomic E-state index is 12.2. The number of aliphatic hydroxyl groups is 1. The highest BCUT2D eigenvalue weighted by Crippen LogP contribution is 2.31. The van der Waals surface area contributed by atoms with Crippen LogP contribution in [0.2, 0.25) is 0 Å². The van der Waals surface area contributed by atoms with Gasteiger partial charge in [0.05, 0.1) is 23.8 Å². The van der Waals surface area contributed by atoms with Gasteiger partial charge in [0.1, 0.15) is 17.6 Å². The Morgan fingerprint density at radius 2 is 2.08 bits per heavy atom. The first-order valence-corrected chi connectivity index (χ1v) is 8.23. The molecule has 2 heterocycles. The molecule has 0 spiro atoms. The summed E-state index contributed by atoms with van der Waals surface area (Å²) in [7, 11) is 1.52. The number of benzene rings is 1. The molecule has 1 atom stereocenters. The zero-order valence-electron chi connectivity index (χ0n) is 13.1. The van der Waals surface area contributed by atoms with Gasteiger partial charge in [0, 0.05) is 11.4 Å². The maximum atomic E-state index is 12.2. The van der Waals surface area contributed by atoms with Crippen molar-refractivity contribution in [1.29, 1.82) is 0 Å². The number of thiophene rings is 1. The summed E-state index contributed by atoms with van der Waals surface area (Å²) in [6.45, 7) is 0.120. The maximum Gasteiger partial charge on any atom is 0.255 e. The van der Waals surface area contributed by atoms with Crippen molar-refractivity contribution in [2.24, 2.45) is 0 Å². The first-order chi connectivity index (χ1) is 11.7. The largest absolute Gasteiger partial charge is 0.496 e. The Balaban J connectivity index is 1.63. The number of ether oxygens (including phenoxy) is 1. The number of furan rings is 1. The van der Waals surface area contributed by atoms with Crippen LogP contribution in [-0.4, -0.2) is 24.7 Å². The second kappa shape index (κ2) is 7.33. The van der Waals surface area contributed by atoms with Crippen molar-refractivity contribution >= 4 is 17.2 Å². The fourth-order valence-corrected chi connectivity index (χ4v) is 3.26. The molecule has 0 aliphatic heterocycles. The molecule has 5 nitrogen and oxygen atoms in total. The lowest BCUT2D eigenvalue weighted by atomic mass is 10.2. The third-order valence-corrected chi connectivity index (χ3v) is 4.73. The Hall–Kier alpha value is -2.57. The number of para-hydroxylation sites is 1. The summed E-state index contributed by atoms with van der Waals surface area (Å²) in [6.07, 6.45) is 0.830. The predicted octanol–water partition coefficient (Wildman–Crippen LogP) is 3.48. The summed E-state index contributed by atoms with van der Waals surface area (Å²) in [5, 5.41) is 13.0. The van der Waals surface area contributed by atoms with Gasteiger partial charge in [-0.1, -0.05) is 12.1 Å². The van der Waals surface area contributed by atoms with Crippen LogP contribution >= 0.6 is 11.3 Å². The van der Waals surface area contributed by atoms with Gasteiger partial charge >= 0.3 is 0 Å². The molecule has 1 amide bonds. The Morgan fingerprint density at radius 1 is 1.25 bits per heavy atom. The van der Waals surface area contributed by atoms with Gasteiger partial charge in [0.15, 0.2) is 0 Å². The van der Waals surface area contributed by atoms with Crippen molar-refractivity contribution in [3.05, 3.63) is 65.2 Å². The Kier molecular flexibility index (Phi) is 4.98. The summed E-state index contributed by atoms with van der Waals surface area (Å²) in [5.41, 5.74) is 0.439. The molecule has 124 valence electrons. The standard InChI is InChI=1S/C18H17NO4S/c1-22-14-6-3-2-5-12(14)18(21)19-11-13(20)16-8-9-17(24-16)15-7-4-10-23-15/h2-10,13,20H,11H2,1H3,(H,19,21). The van der Waals surface area contributed by atoms with E-state index in [0.717, 1.165) is 15.5 Å². The SMILES string of the molecule is COc1ccccc1C(=O)NCC(O)c1ccc(-c2ccco2)s1. The molecule has 2 N–H and O–H groups in total. The number of methoxy groups -OCH3 is 1. The van der Waals surface area contributed by atoms with Crippen LogP contribution in [0.15, 0.2) is 59.2 Å². The third kappa shape index (κ3) is 3.50. The van der Waals surface area contributed by atoms with Crippen LogP contribution in [0.25, 0.3) is 10.6 Å². The van der Waals surface area contributed by atoms with E-state index in [0.29, 0.717) is 11.3 Å². The molecular formula is C18H17NO4S. The van der Waals surface area contributed by atoms with E-state index in [1.807, 2.05) is 24.3 Å². The van der Waals surface area contributed by atoms with Gasteiger partial charge in [0.25, 0.3) is 5.91 Å². The number of nitrogens with one attached hydrogen (secondary N) is 1. The second-order valence-corrected chi connectivity index (χ2v) is 6.22. The van der Waals surface area contributed by atoms with Crippen molar-refractivity contribution < 1.29 is 19.1 Å². The highest BCUT2D eigenvalue weighted by Gasteiger charge is 2.16. The normalized spacial score (nSPS) is 11.9. The van der Waals surface area contributed by atoms with Crippen molar-refractivity contribution in [3.63, 3.8) is 0 Å². The minimum atomic E-state index is -0.780. The average molecular weight is 343 g/mol. The lowest BCUT2D eigenvalue weighted by molar-refractivity contribution is 0.0915. The van der Waals surface area contributed by atoms with Gasteiger partial charge in [-0.2, -0.15) is 0 Å². The summed E-state index contributed by atoms with van der Waals surface area (Å²) in [5.74, 6) is 0.978. The number of amides is 1. The highest BCUT2D eigenvalue weighted by atomic mass is 32.1. The van der Waals surface area contributed by atoms with E-state index in [9.17, 15) is 9.90 Å². The molecular weight excluding hydrogens is 326 g/mol. The van der Waals surface area contributed by atoms with Crippen molar-refractivity contribution in [2.75, 3.05) is 13.7 Å². The van der Waals surface area contributed by atoms with Gasteiger partial charge in [0.2, 0.25) is 0 Å². The molecule has 0 saturated carbocycles. The van der Waals surface area contributed by atoms with Gasteiger partial charge in [-0.25, -0.2) is 0 Å². The molecule has 0 fully saturated rings. The minimum Gasteiger partial charge on any atom is -0.496 e. The Labute approximate surface area is 143 Å². The molecule has 1 unspecified atom stereocenters. The van der Waals surface area contributed by atoms with E-state index in [-0.39, 0.29) is 12.5 Å². The van der Waals surface area contributed by atoms with E-state index < -0.39 is 6.10 Å². The highest BCUT2D eigenvalue weighted by molar-refractivity contribution is 7.15. The first kappa shape index (κ1) is 16.3. The zero-order valence-corrected chi connectivity index (χ0v) is 13.9. The number of carbonyl (C=O) groups excluding carboxylic acids is 1. The molecule has 0 radical (unpaired) electrons. The first-order valence-electron chi connectivity index (χ1n) is 7.42. The fourth-order valence-electron chi connectivity index (χ4n) is 2.30. The van der Waals surface area contributed by atoms with Crippen LogP contribution in [-0.2, 0) is 0 Å². The van der Waals surface area contributed by atoms with Crippen LogP contribution in [0.5, 0.6) is 5.75 Å². The quantitative estimate of drug-likeness (QED) is 0.719. The number of carbonyl (C=O) groups is 1. The van der Waals surface area contributed by atoms with Crippen molar-refractivity contribution in [1.82, 2.24) is 5.32 Å². The molecule has 0 aliphatic carbocycles. The molecule has 24 heavy (non-hydrogen) atoms. The predicted molar refractivity (Wildman–Crippen MR) is 92.3 cm³/mol. The zero-order chi connectivity index (χ0) is 16.9. The lowest BCUT2D eigenvalue weighted by Gasteiger charge is -2.12. The van der Waals surface area contributed by atoms with E-state index in [2.05, 4.69) is 5.32 Å². The Morgan fingerprint density at radius 3 is 2.83 bits per heavy atom. The molecule has 0 bridgehead atoms. The molecule has 0 saturated heterocycles. The second-order valence-electron chi connectivity index (χ2n) is 5.11. The van der Waals surface area contributed by atoms with E-state index in [4.69, 9.17) is 9.15 Å². The van der Waals surface area contributed by atoms with Gasteiger partial charge in [-0.3, -0.25) is 4.79 Å². The van der Waals surface area contributed by atoms with Crippen LogP contribution in [0.4, 0.5) is 0 Å². The van der Waals surface area contributed by atoms with Crippen molar-refractivity contribution in [3.8, 4) is 16.4 Å². The fraction of sp³-hybridized carbons (Fsp3) is 0.167. The van der Waals surface area contributed by atoms with Gasteiger partial charge in [-0.15, -0.1) is 11.3 Å². The molecule has 3 rings (SSSR count). The van der Waals surface area contributed by atoms with Crippen LogP contribution < -0.4 is 10.1 Å². The van der Waals surface area contributed by atoms with E-state index >= 15 is 0 Å². The topological polar surface area (TPSA) is 71.7 Å². The number of hydrogen-bond donors (Lipinski definition) is 2. The van der Waals surface area contributed by atoms with Crippen LogP contribution in [0, 0.1) is 0 Å². The average Bonchev–Trinajstić information content (AvgIpc) is 3.30. The third-order valence-electron chi connectivity index (χ3n) is 3.53. The Bertz CT molecular complexity index is 810. The molecule has 6 heteroatoms. The monoisotopic (exact) mass is 343 g/mol. The number of rotatable bonds is 6. The smallest absolute Gasteiger partial charge is 0.255 e. The number of aliphatic hydroxyl groups excluding tert-OH is 1. The van der Waals surface area contributed by atoms with Gasteiger partial charge in [-0.05, 0) is 36.4 Å². The van der Waals surface area contributed by atoms with Crippen LogP contribution in [0.1, 0.15) is 21.3 Å². The molecule has 2 aromatic heterocycles. The van der Waals surface area contributed by atoms with Gasteiger partial charge < -0.3 is 19.6 Å². The van der Waals surface area contributed by atoms with Crippen molar-refractivity contribution in [2.45, 2.75) is 6.10 Å². The molecule has 1 aromatic carbocycles. The molecule has 0 aliphatic rings. The lowest BCUT2D eigenvalue weighted by Crippen LogP contribution is -2.28.